The fourth-order valence-corrected chi connectivity index (χ4v) is 2.82. The number of nitrogens with zero attached hydrogens (tertiary/aromatic N) is 2. The topological polar surface area (TPSA) is 102 Å². The summed E-state index contributed by atoms with van der Waals surface area (Å²) in [6.45, 7) is 3.90. The summed E-state index contributed by atoms with van der Waals surface area (Å²) in [5, 5.41) is 22.2. The minimum Gasteiger partial charge on any atom is -0.493 e. The van der Waals surface area contributed by atoms with Gasteiger partial charge in [0.25, 0.3) is 0 Å². The monoisotopic (exact) mass is 332 g/mol. The number of aromatic nitrogens is 2. The lowest BCUT2D eigenvalue weighted by Crippen LogP contribution is -2.23. The van der Waals surface area contributed by atoms with Crippen molar-refractivity contribution >= 4 is 5.69 Å². The first-order chi connectivity index (χ1) is 11.7. The maximum atomic E-state index is 11.5. The van der Waals surface area contributed by atoms with Gasteiger partial charge in [-0.05, 0) is 12.5 Å². The highest BCUT2D eigenvalue weighted by atomic mass is 16.6. The van der Waals surface area contributed by atoms with Crippen LogP contribution in [-0.2, 0) is 13.0 Å². The summed E-state index contributed by atoms with van der Waals surface area (Å²) in [6, 6.07) is 3.24. The van der Waals surface area contributed by atoms with Crippen molar-refractivity contribution in [3.05, 3.63) is 33.5 Å². The van der Waals surface area contributed by atoms with Gasteiger partial charge in [0.15, 0.2) is 5.75 Å². The molecule has 0 saturated heterocycles. The second-order valence-corrected chi connectivity index (χ2v) is 5.59. The minimum absolute atomic E-state index is 0.113. The fourth-order valence-electron chi connectivity index (χ4n) is 2.82. The summed E-state index contributed by atoms with van der Waals surface area (Å²) in [4.78, 5) is 11.0. The summed E-state index contributed by atoms with van der Waals surface area (Å²) < 4.78 is 10.9. The normalized spacial score (nSPS) is 13.4. The van der Waals surface area contributed by atoms with Gasteiger partial charge in [0.05, 0.1) is 24.3 Å². The van der Waals surface area contributed by atoms with Crippen LogP contribution in [0.5, 0.6) is 11.5 Å². The Kier molecular flexibility index (Phi) is 4.66. The predicted molar refractivity (Wildman–Crippen MR) is 88.4 cm³/mol. The van der Waals surface area contributed by atoms with Crippen molar-refractivity contribution in [2.45, 2.75) is 26.3 Å². The van der Waals surface area contributed by atoms with Gasteiger partial charge in [0.1, 0.15) is 0 Å². The first kappa shape index (κ1) is 16.3. The van der Waals surface area contributed by atoms with Crippen LogP contribution in [-0.4, -0.2) is 35.4 Å². The van der Waals surface area contributed by atoms with Crippen LogP contribution in [0.3, 0.4) is 0 Å². The molecule has 1 aromatic carbocycles. The van der Waals surface area contributed by atoms with Crippen molar-refractivity contribution < 1.29 is 14.4 Å². The van der Waals surface area contributed by atoms with Gasteiger partial charge in [-0.2, -0.15) is 5.10 Å². The van der Waals surface area contributed by atoms with E-state index in [2.05, 4.69) is 15.5 Å². The number of fused-ring (bicyclic) bond motifs is 1. The van der Waals surface area contributed by atoms with Gasteiger partial charge in [0.2, 0.25) is 5.75 Å². The van der Waals surface area contributed by atoms with Crippen molar-refractivity contribution in [3.8, 4) is 22.8 Å². The number of nitrogens with one attached hydrogen (secondary N) is 2. The summed E-state index contributed by atoms with van der Waals surface area (Å²) in [7, 11) is 1.48. The summed E-state index contributed by atoms with van der Waals surface area (Å²) >= 11 is 0. The number of methoxy groups -OCH3 is 1. The Labute approximate surface area is 139 Å². The number of benzene rings is 1. The second kappa shape index (κ2) is 6.88. The van der Waals surface area contributed by atoms with Gasteiger partial charge in [-0.3, -0.25) is 15.2 Å². The van der Waals surface area contributed by atoms with E-state index in [1.165, 1.54) is 13.2 Å². The zero-order valence-electron chi connectivity index (χ0n) is 13.7. The number of nitro groups is 1. The number of aromatic amines is 1. The molecule has 0 spiro atoms. The number of ether oxygens (including phenoxy) is 2. The van der Waals surface area contributed by atoms with Crippen LogP contribution in [0, 0.1) is 10.1 Å². The molecule has 0 radical (unpaired) electrons. The van der Waals surface area contributed by atoms with Crippen LogP contribution in [0.15, 0.2) is 12.1 Å². The third-order valence-electron chi connectivity index (χ3n) is 3.98. The molecule has 2 aromatic rings. The smallest absolute Gasteiger partial charge is 0.315 e. The number of hydrogen-bond donors (Lipinski definition) is 2. The highest BCUT2D eigenvalue weighted by Gasteiger charge is 2.25. The van der Waals surface area contributed by atoms with E-state index in [0.29, 0.717) is 30.2 Å². The largest absolute Gasteiger partial charge is 0.493 e. The van der Waals surface area contributed by atoms with Crippen molar-refractivity contribution in [2.24, 2.45) is 0 Å². The molecule has 128 valence electrons. The van der Waals surface area contributed by atoms with Gasteiger partial charge < -0.3 is 14.8 Å². The average molecular weight is 332 g/mol. The van der Waals surface area contributed by atoms with E-state index in [4.69, 9.17) is 9.47 Å². The lowest BCUT2D eigenvalue weighted by atomic mass is 10.0. The van der Waals surface area contributed by atoms with Crippen molar-refractivity contribution in [2.75, 3.05) is 20.3 Å². The maximum Gasteiger partial charge on any atom is 0.315 e. The summed E-state index contributed by atoms with van der Waals surface area (Å²) in [6.07, 6.45) is 1.61. The van der Waals surface area contributed by atoms with E-state index < -0.39 is 4.92 Å². The molecular formula is C16H20N4O4. The van der Waals surface area contributed by atoms with Crippen molar-refractivity contribution in [3.63, 3.8) is 0 Å². The molecule has 0 amide bonds. The molecule has 0 unspecified atom stereocenters. The molecule has 0 saturated carbocycles. The SMILES string of the molecule is CCCOc1c(OC)cc(-c2n[nH]c3c2CNCC3)cc1[N+](=O)[O-]. The Morgan fingerprint density at radius 1 is 1.42 bits per heavy atom. The van der Waals surface area contributed by atoms with E-state index in [9.17, 15) is 10.1 Å². The first-order valence-corrected chi connectivity index (χ1v) is 7.92. The average Bonchev–Trinajstić information content (AvgIpc) is 3.03. The van der Waals surface area contributed by atoms with Crippen LogP contribution < -0.4 is 14.8 Å². The van der Waals surface area contributed by atoms with Gasteiger partial charge in [0, 0.05) is 42.4 Å². The first-order valence-electron chi connectivity index (χ1n) is 7.92. The van der Waals surface area contributed by atoms with E-state index in [1.807, 2.05) is 6.92 Å². The van der Waals surface area contributed by atoms with E-state index in [-0.39, 0.29) is 11.4 Å². The molecule has 1 aliphatic rings. The molecular weight excluding hydrogens is 312 g/mol. The molecule has 0 aliphatic carbocycles. The molecule has 24 heavy (non-hydrogen) atoms. The molecule has 3 rings (SSSR count). The highest BCUT2D eigenvalue weighted by molar-refractivity contribution is 5.73. The molecule has 2 N–H and O–H groups in total. The molecule has 1 aromatic heterocycles. The van der Waals surface area contributed by atoms with Crippen molar-refractivity contribution in [1.82, 2.24) is 15.5 Å². The standard InChI is InChI=1S/C16H20N4O4/c1-3-6-24-16-13(20(21)22)7-10(8-14(16)23-2)15-11-9-17-5-4-12(11)18-19-15/h7-8,17H,3-6,9H2,1-2H3,(H,18,19). The molecule has 8 heteroatoms. The summed E-state index contributed by atoms with van der Waals surface area (Å²) in [5.41, 5.74) is 3.35. The van der Waals surface area contributed by atoms with Gasteiger partial charge in [-0.25, -0.2) is 0 Å². The van der Waals surface area contributed by atoms with Gasteiger partial charge >= 0.3 is 5.69 Å². The Hall–Kier alpha value is -2.61. The molecule has 0 atom stereocenters. The van der Waals surface area contributed by atoms with Crippen LogP contribution in [0.25, 0.3) is 11.3 Å². The third-order valence-corrected chi connectivity index (χ3v) is 3.98. The number of nitro benzene ring substituents is 1. The molecule has 8 nitrogen and oxygen atoms in total. The minimum atomic E-state index is -0.450. The van der Waals surface area contributed by atoms with Gasteiger partial charge in [-0.1, -0.05) is 6.92 Å². The lowest BCUT2D eigenvalue weighted by molar-refractivity contribution is -0.385. The molecule has 0 bridgehead atoms. The quantitative estimate of drug-likeness (QED) is 0.622. The van der Waals surface area contributed by atoms with Crippen LogP contribution in [0.4, 0.5) is 5.69 Å². The van der Waals surface area contributed by atoms with Gasteiger partial charge in [-0.15, -0.1) is 0 Å². The summed E-state index contributed by atoms with van der Waals surface area (Å²) in [5.74, 6) is 0.504. The molecule has 2 heterocycles. The van der Waals surface area contributed by atoms with E-state index in [1.54, 1.807) is 6.07 Å². The fraction of sp³-hybridized carbons (Fsp3) is 0.438. The maximum absolute atomic E-state index is 11.5. The number of H-pyrrole nitrogens is 1. The molecule has 0 fully saturated rings. The number of hydrogen-bond acceptors (Lipinski definition) is 6. The van der Waals surface area contributed by atoms with E-state index >= 15 is 0 Å². The Morgan fingerprint density at radius 3 is 2.96 bits per heavy atom. The Bertz CT molecular complexity index is 757. The Morgan fingerprint density at radius 2 is 2.25 bits per heavy atom. The van der Waals surface area contributed by atoms with E-state index in [0.717, 1.165) is 30.6 Å². The highest BCUT2D eigenvalue weighted by Crippen LogP contribution is 2.42. The van der Waals surface area contributed by atoms with Crippen LogP contribution >= 0.6 is 0 Å². The molecule has 1 aliphatic heterocycles. The second-order valence-electron chi connectivity index (χ2n) is 5.59. The van der Waals surface area contributed by atoms with Crippen molar-refractivity contribution in [1.29, 1.82) is 0 Å². The number of rotatable bonds is 6. The lowest BCUT2D eigenvalue weighted by Gasteiger charge is -2.14. The van der Waals surface area contributed by atoms with Crippen LogP contribution in [0.2, 0.25) is 0 Å². The third kappa shape index (κ3) is 2.92. The van der Waals surface area contributed by atoms with Crippen LogP contribution in [0.1, 0.15) is 24.6 Å². The predicted octanol–water partition coefficient (Wildman–Crippen LogP) is 2.43. The Balaban J connectivity index is 2.10. The zero-order valence-corrected chi connectivity index (χ0v) is 13.7. The zero-order chi connectivity index (χ0) is 17.1.